The Morgan fingerprint density at radius 3 is 2.61 bits per heavy atom. The summed E-state index contributed by atoms with van der Waals surface area (Å²) in [5.41, 5.74) is 0.295. The van der Waals surface area contributed by atoms with Crippen molar-refractivity contribution in [2.75, 3.05) is 0 Å². The molecule has 1 aliphatic carbocycles. The molecule has 0 spiro atoms. The van der Waals surface area contributed by atoms with Gasteiger partial charge in [-0.2, -0.15) is 0 Å². The molecule has 1 saturated carbocycles. The number of aromatic nitrogens is 1. The van der Waals surface area contributed by atoms with Crippen LogP contribution in [-0.4, -0.2) is 39.0 Å². The van der Waals surface area contributed by atoms with Gasteiger partial charge in [-0.15, -0.1) is 0 Å². The molecule has 1 aromatic rings. The predicted octanol–water partition coefficient (Wildman–Crippen LogP) is 1.79. The largest absolute Gasteiger partial charge is 0.478 e. The highest BCUT2D eigenvalue weighted by atomic mass is 16.4. The molecule has 1 N–H and O–H groups in total. The van der Waals surface area contributed by atoms with Gasteiger partial charge < -0.3 is 10.0 Å². The van der Waals surface area contributed by atoms with Gasteiger partial charge in [0.2, 0.25) is 0 Å². The molecule has 0 atom stereocenters. The second-order valence-electron chi connectivity index (χ2n) is 4.77. The van der Waals surface area contributed by atoms with Crippen molar-refractivity contribution in [3.05, 3.63) is 29.6 Å². The van der Waals surface area contributed by atoms with E-state index in [0.717, 1.165) is 12.8 Å². The Bertz CT molecular complexity index is 479. The molecule has 2 rings (SSSR count). The summed E-state index contributed by atoms with van der Waals surface area (Å²) in [4.78, 5) is 29.0. The highest BCUT2D eigenvalue weighted by Crippen LogP contribution is 2.29. The zero-order valence-corrected chi connectivity index (χ0v) is 10.5. The topological polar surface area (TPSA) is 70.5 Å². The molecule has 18 heavy (non-hydrogen) atoms. The van der Waals surface area contributed by atoms with Gasteiger partial charge in [0, 0.05) is 18.3 Å². The van der Waals surface area contributed by atoms with Gasteiger partial charge in [-0.1, -0.05) is 0 Å². The van der Waals surface area contributed by atoms with E-state index >= 15 is 0 Å². The van der Waals surface area contributed by atoms with Gasteiger partial charge in [-0.3, -0.25) is 9.78 Å². The zero-order valence-electron chi connectivity index (χ0n) is 10.5. The van der Waals surface area contributed by atoms with Crippen LogP contribution in [0.15, 0.2) is 18.3 Å². The van der Waals surface area contributed by atoms with Crippen molar-refractivity contribution in [2.24, 2.45) is 0 Å². The minimum absolute atomic E-state index is 0.0906. The molecule has 1 aliphatic rings. The molecule has 96 valence electrons. The summed E-state index contributed by atoms with van der Waals surface area (Å²) in [5, 5.41) is 8.91. The first-order chi connectivity index (χ1) is 8.50. The molecule has 5 heteroatoms. The first-order valence-electron chi connectivity index (χ1n) is 6.02. The fourth-order valence-electron chi connectivity index (χ4n) is 1.99. The van der Waals surface area contributed by atoms with Crippen molar-refractivity contribution in [3.63, 3.8) is 0 Å². The quantitative estimate of drug-likeness (QED) is 0.881. The molecule has 0 radical (unpaired) electrons. The van der Waals surface area contributed by atoms with E-state index in [1.54, 1.807) is 4.90 Å². The first kappa shape index (κ1) is 12.5. The van der Waals surface area contributed by atoms with Crippen LogP contribution >= 0.6 is 0 Å². The second kappa shape index (κ2) is 4.76. The summed E-state index contributed by atoms with van der Waals surface area (Å²) in [7, 11) is 0. The Hall–Kier alpha value is -1.91. The number of carboxylic acid groups (broad SMARTS) is 1. The lowest BCUT2D eigenvalue weighted by molar-refractivity contribution is 0.0684. The Morgan fingerprint density at radius 2 is 2.11 bits per heavy atom. The normalized spacial score (nSPS) is 14.6. The molecule has 0 unspecified atom stereocenters. The molecule has 0 aliphatic heterocycles. The smallest absolute Gasteiger partial charge is 0.335 e. The molecule has 0 saturated heterocycles. The number of hydrogen-bond acceptors (Lipinski definition) is 3. The maximum absolute atomic E-state index is 12.3. The number of aromatic carboxylic acids is 1. The summed E-state index contributed by atoms with van der Waals surface area (Å²) >= 11 is 0. The molecule has 1 aromatic heterocycles. The molecule has 1 amide bonds. The Kier molecular flexibility index (Phi) is 3.32. The van der Waals surface area contributed by atoms with Crippen LogP contribution < -0.4 is 0 Å². The molecule has 0 bridgehead atoms. The summed E-state index contributed by atoms with van der Waals surface area (Å²) in [5.74, 6) is -1.23. The lowest BCUT2D eigenvalue weighted by Gasteiger charge is -2.26. The van der Waals surface area contributed by atoms with Crippen LogP contribution in [0.5, 0.6) is 0 Å². The zero-order chi connectivity index (χ0) is 13.3. The van der Waals surface area contributed by atoms with Crippen molar-refractivity contribution >= 4 is 11.9 Å². The Balaban J connectivity index is 2.26. The number of hydrogen-bond donors (Lipinski definition) is 1. The molecule has 0 aromatic carbocycles. The summed E-state index contributed by atoms with van der Waals surface area (Å²) in [6.45, 7) is 3.91. The third kappa shape index (κ3) is 2.50. The highest BCUT2D eigenvalue weighted by Gasteiger charge is 2.35. The van der Waals surface area contributed by atoms with Crippen LogP contribution in [0.2, 0.25) is 0 Å². The van der Waals surface area contributed by atoms with Crippen LogP contribution in [0.1, 0.15) is 47.5 Å². The summed E-state index contributed by atoms with van der Waals surface area (Å²) < 4.78 is 0. The van der Waals surface area contributed by atoms with Crippen LogP contribution in [0, 0.1) is 0 Å². The van der Waals surface area contributed by atoms with E-state index in [0.29, 0.717) is 0 Å². The van der Waals surface area contributed by atoms with E-state index in [-0.39, 0.29) is 29.2 Å². The minimum atomic E-state index is -1.05. The van der Waals surface area contributed by atoms with E-state index in [4.69, 9.17) is 5.11 Å². The SMILES string of the molecule is CC(C)N(C(=O)c1cc(C(=O)O)ccn1)C1CC1. The van der Waals surface area contributed by atoms with Crippen molar-refractivity contribution in [1.29, 1.82) is 0 Å². The third-order valence-corrected chi connectivity index (χ3v) is 2.96. The summed E-state index contributed by atoms with van der Waals surface area (Å²) in [6, 6.07) is 3.10. The van der Waals surface area contributed by atoms with Gasteiger partial charge in [-0.05, 0) is 38.8 Å². The van der Waals surface area contributed by atoms with Crippen molar-refractivity contribution < 1.29 is 14.7 Å². The molecular weight excluding hydrogens is 232 g/mol. The average molecular weight is 248 g/mol. The highest BCUT2D eigenvalue weighted by molar-refractivity contribution is 5.96. The minimum Gasteiger partial charge on any atom is -0.478 e. The van der Waals surface area contributed by atoms with Crippen molar-refractivity contribution in [3.8, 4) is 0 Å². The average Bonchev–Trinajstić information content (AvgIpc) is 3.13. The molecule has 5 nitrogen and oxygen atoms in total. The van der Waals surface area contributed by atoms with Gasteiger partial charge in [0.15, 0.2) is 0 Å². The molecule has 1 heterocycles. The van der Waals surface area contributed by atoms with E-state index in [1.165, 1.54) is 18.3 Å². The first-order valence-corrected chi connectivity index (χ1v) is 6.02. The maximum atomic E-state index is 12.3. The van der Waals surface area contributed by atoms with Gasteiger partial charge in [0.1, 0.15) is 5.69 Å². The fourth-order valence-corrected chi connectivity index (χ4v) is 1.99. The van der Waals surface area contributed by atoms with E-state index in [1.807, 2.05) is 13.8 Å². The van der Waals surface area contributed by atoms with Gasteiger partial charge in [-0.25, -0.2) is 4.79 Å². The van der Waals surface area contributed by atoms with Crippen LogP contribution in [0.3, 0.4) is 0 Å². The third-order valence-electron chi connectivity index (χ3n) is 2.96. The summed E-state index contributed by atoms with van der Waals surface area (Å²) in [6.07, 6.45) is 3.40. The lowest BCUT2D eigenvalue weighted by Crippen LogP contribution is -2.39. The number of carbonyl (C=O) groups is 2. The number of carbonyl (C=O) groups excluding carboxylic acids is 1. The van der Waals surface area contributed by atoms with E-state index in [9.17, 15) is 9.59 Å². The number of carboxylic acids is 1. The number of pyridine rings is 1. The number of nitrogens with zero attached hydrogens (tertiary/aromatic N) is 2. The molecule has 1 fully saturated rings. The predicted molar refractivity (Wildman–Crippen MR) is 65.5 cm³/mol. The van der Waals surface area contributed by atoms with Gasteiger partial charge >= 0.3 is 5.97 Å². The van der Waals surface area contributed by atoms with Crippen LogP contribution in [0.25, 0.3) is 0 Å². The van der Waals surface area contributed by atoms with Crippen LogP contribution in [-0.2, 0) is 0 Å². The van der Waals surface area contributed by atoms with Crippen molar-refractivity contribution in [1.82, 2.24) is 9.88 Å². The molecular formula is C13H16N2O3. The van der Waals surface area contributed by atoms with Crippen molar-refractivity contribution in [2.45, 2.75) is 38.8 Å². The number of amides is 1. The second-order valence-corrected chi connectivity index (χ2v) is 4.77. The van der Waals surface area contributed by atoms with Crippen LogP contribution in [0.4, 0.5) is 0 Å². The lowest BCUT2D eigenvalue weighted by atomic mass is 10.2. The number of rotatable bonds is 4. The Morgan fingerprint density at radius 1 is 1.44 bits per heavy atom. The Labute approximate surface area is 105 Å². The van der Waals surface area contributed by atoms with E-state index < -0.39 is 5.97 Å². The maximum Gasteiger partial charge on any atom is 0.335 e. The fraction of sp³-hybridized carbons (Fsp3) is 0.462. The standard InChI is InChI=1S/C13H16N2O3/c1-8(2)15(10-3-4-10)12(16)11-7-9(13(17)18)5-6-14-11/h5-8,10H,3-4H2,1-2H3,(H,17,18). The van der Waals surface area contributed by atoms with Gasteiger partial charge in [0.05, 0.1) is 5.56 Å². The van der Waals surface area contributed by atoms with E-state index in [2.05, 4.69) is 4.98 Å². The van der Waals surface area contributed by atoms with Gasteiger partial charge in [0.25, 0.3) is 5.91 Å². The monoisotopic (exact) mass is 248 g/mol.